The van der Waals surface area contributed by atoms with Gasteiger partial charge in [0.15, 0.2) is 5.82 Å². The zero-order valence-corrected chi connectivity index (χ0v) is 26.9. The quantitative estimate of drug-likeness (QED) is 0.0780. The number of nitrogens with zero attached hydrogens (tertiary/aromatic N) is 4. The van der Waals surface area contributed by atoms with Crippen LogP contribution in [0, 0.1) is 0 Å². The second kappa shape index (κ2) is 15.6. The number of ether oxygens (including phenoxy) is 1. The van der Waals surface area contributed by atoms with Crippen LogP contribution in [0.1, 0.15) is 68.8 Å². The topological polar surface area (TPSA) is 199 Å². The van der Waals surface area contributed by atoms with Crippen LogP contribution in [-0.4, -0.2) is 73.3 Å². The summed E-state index contributed by atoms with van der Waals surface area (Å²) >= 11 is 0. The van der Waals surface area contributed by atoms with Crippen LogP contribution < -0.4 is 11.1 Å². The van der Waals surface area contributed by atoms with Crippen LogP contribution in [0.5, 0.6) is 11.5 Å². The number of unbranched alkanes of at least 4 members (excludes halogenated alkanes) is 1. The third-order valence-corrected chi connectivity index (χ3v) is 8.08. The Balaban J connectivity index is 1.16. The van der Waals surface area contributed by atoms with E-state index in [1.54, 1.807) is 6.07 Å². The first-order valence-corrected chi connectivity index (χ1v) is 16.1. The molecule has 1 fully saturated rings. The number of phenolic OH excluding ortho intramolecular Hbond substituents is 2. The monoisotopic (exact) mass is 660 g/mol. The largest absolute Gasteiger partial charge is 0.508 e. The van der Waals surface area contributed by atoms with Gasteiger partial charge in [-0.05, 0) is 55.2 Å². The van der Waals surface area contributed by atoms with Crippen LogP contribution in [0.15, 0.2) is 36.4 Å². The van der Waals surface area contributed by atoms with E-state index in [-0.39, 0.29) is 56.1 Å². The van der Waals surface area contributed by atoms with Gasteiger partial charge in [0.05, 0.1) is 30.8 Å². The summed E-state index contributed by atoms with van der Waals surface area (Å²) in [7, 11) is 0. The smallest absolute Gasteiger partial charge is 0.333 e. The first kappa shape index (κ1) is 34.1. The highest BCUT2D eigenvalue weighted by atomic mass is 16.7. The maximum atomic E-state index is 12.1. The Hall–Kier alpha value is -5.24. The molecule has 3 amide bonds. The van der Waals surface area contributed by atoms with Gasteiger partial charge >= 0.3 is 5.97 Å². The Morgan fingerprint density at radius 1 is 0.979 bits per heavy atom. The average Bonchev–Trinajstić information content (AvgIpc) is 3.58. The first-order valence-electron chi connectivity index (χ1n) is 16.1. The van der Waals surface area contributed by atoms with Crippen LogP contribution in [0.2, 0.25) is 0 Å². The molecule has 4 aromatic rings. The summed E-state index contributed by atoms with van der Waals surface area (Å²) in [4.78, 5) is 61.3. The Bertz CT molecular complexity index is 1820. The number of nitrogens with two attached hydrogens (primary N) is 1. The molecular weight excluding hydrogens is 620 g/mol. The standard InChI is InChI=1S/C34H40N6O8/c1-2-3-5-27-38-32-33(39(27)20-22-19-23(41)9-11-26(22)42)24-18-21(8-10-25(24)37-34(32)35)14-16-47-17-15-36-28(43)6-4-7-31(46)48-40-29(44)12-13-30(40)45/h8-11,18-19,41-42H,2-7,12-17,20H2,1H3,(H2,35,37)(H,36,43). The van der Waals surface area contributed by atoms with Crippen LogP contribution >= 0.6 is 0 Å². The summed E-state index contributed by atoms with van der Waals surface area (Å²) in [6, 6.07) is 10.4. The van der Waals surface area contributed by atoms with E-state index in [1.807, 2.05) is 22.8 Å². The van der Waals surface area contributed by atoms with Gasteiger partial charge in [0.25, 0.3) is 11.8 Å². The van der Waals surface area contributed by atoms with E-state index in [4.69, 9.17) is 20.3 Å². The van der Waals surface area contributed by atoms with Crippen molar-refractivity contribution in [2.45, 2.75) is 71.3 Å². The fourth-order valence-electron chi connectivity index (χ4n) is 5.57. The molecule has 0 bridgehead atoms. The zero-order chi connectivity index (χ0) is 34.2. The summed E-state index contributed by atoms with van der Waals surface area (Å²) in [6.07, 6.45) is 3.47. The summed E-state index contributed by atoms with van der Waals surface area (Å²) in [5.74, 6) is -0.796. The number of benzene rings is 2. The molecule has 1 saturated heterocycles. The summed E-state index contributed by atoms with van der Waals surface area (Å²) in [5, 5.41) is 24.7. The zero-order valence-electron chi connectivity index (χ0n) is 26.9. The maximum Gasteiger partial charge on any atom is 0.333 e. The second-order valence-electron chi connectivity index (χ2n) is 11.7. The number of carbonyl (C=O) groups is 4. The highest BCUT2D eigenvalue weighted by molar-refractivity contribution is 6.07. The number of imide groups is 1. The Labute approximate surface area is 276 Å². The molecule has 14 nitrogen and oxygen atoms in total. The molecule has 14 heteroatoms. The molecule has 0 spiro atoms. The fourth-order valence-corrected chi connectivity index (χ4v) is 5.57. The van der Waals surface area contributed by atoms with E-state index >= 15 is 0 Å². The average molecular weight is 661 g/mol. The number of carbonyl (C=O) groups excluding carboxylic acids is 4. The first-order chi connectivity index (χ1) is 23.1. The molecule has 1 aliphatic heterocycles. The molecule has 0 atom stereocenters. The molecule has 0 unspecified atom stereocenters. The normalized spacial score (nSPS) is 13.1. The van der Waals surface area contributed by atoms with E-state index in [2.05, 4.69) is 17.2 Å². The number of aromatic hydroxyl groups is 2. The minimum atomic E-state index is -0.736. The molecule has 3 heterocycles. The molecule has 1 aliphatic rings. The van der Waals surface area contributed by atoms with Gasteiger partial charge in [-0.1, -0.05) is 19.4 Å². The number of nitrogen functional groups attached to an aromatic ring is 1. The van der Waals surface area contributed by atoms with E-state index in [0.29, 0.717) is 60.1 Å². The van der Waals surface area contributed by atoms with Crippen molar-refractivity contribution in [1.29, 1.82) is 0 Å². The van der Waals surface area contributed by atoms with Gasteiger partial charge in [-0.25, -0.2) is 14.8 Å². The van der Waals surface area contributed by atoms with Crippen LogP contribution in [0.25, 0.3) is 21.9 Å². The van der Waals surface area contributed by atoms with Gasteiger partial charge < -0.3 is 35.4 Å². The van der Waals surface area contributed by atoms with E-state index in [0.717, 1.165) is 35.1 Å². The number of phenols is 2. The number of hydroxylamine groups is 2. The molecule has 0 radical (unpaired) electrons. The van der Waals surface area contributed by atoms with E-state index in [1.165, 1.54) is 12.1 Å². The number of fused-ring (bicyclic) bond motifs is 3. The number of hydrogen-bond acceptors (Lipinski definition) is 11. The van der Waals surface area contributed by atoms with Crippen molar-refractivity contribution >= 4 is 51.4 Å². The highest BCUT2D eigenvalue weighted by Gasteiger charge is 2.32. The molecular formula is C34H40N6O8. The molecule has 254 valence electrons. The predicted octanol–water partition coefficient (Wildman–Crippen LogP) is 3.42. The van der Waals surface area contributed by atoms with Crippen molar-refractivity contribution in [1.82, 2.24) is 24.9 Å². The lowest BCUT2D eigenvalue weighted by molar-refractivity contribution is -0.197. The summed E-state index contributed by atoms with van der Waals surface area (Å²) in [6.45, 7) is 3.39. The van der Waals surface area contributed by atoms with Gasteiger partial charge in [0.1, 0.15) is 22.8 Å². The molecule has 0 saturated carbocycles. The van der Waals surface area contributed by atoms with Crippen LogP contribution in [-0.2, 0) is 48.1 Å². The van der Waals surface area contributed by atoms with Gasteiger partial charge in [-0.15, -0.1) is 5.06 Å². The van der Waals surface area contributed by atoms with Crippen molar-refractivity contribution in [3.8, 4) is 11.5 Å². The minimum Gasteiger partial charge on any atom is -0.508 e. The van der Waals surface area contributed by atoms with E-state index < -0.39 is 17.8 Å². The van der Waals surface area contributed by atoms with Crippen molar-refractivity contribution in [2.75, 3.05) is 25.5 Å². The lowest BCUT2D eigenvalue weighted by Crippen LogP contribution is -2.32. The SMILES string of the molecule is CCCCc1nc2c(N)nc3ccc(CCOCCNC(=O)CCCC(=O)ON4C(=O)CCC4=O)cc3c2n1Cc1cc(O)ccc1O. The van der Waals surface area contributed by atoms with Crippen molar-refractivity contribution in [3.05, 3.63) is 53.3 Å². The number of anilines is 1. The summed E-state index contributed by atoms with van der Waals surface area (Å²) < 4.78 is 7.80. The number of aromatic nitrogens is 3. The Morgan fingerprint density at radius 2 is 1.77 bits per heavy atom. The molecule has 5 N–H and O–H groups in total. The minimum absolute atomic E-state index is 0.0249. The molecule has 0 aliphatic carbocycles. The number of amides is 3. The molecule has 48 heavy (non-hydrogen) atoms. The van der Waals surface area contributed by atoms with Crippen molar-refractivity contribution in [2.24, 2.45) is 0 Å². The number of aryl methyl sites for hydroxylation is 1. The number of rotatable bonds is 16. The number of hydrogen-bond donors (Lipinski definition) is 4. The Morgan fingerprint density at radius 3 is 2.54 bits per heavy atom. The molecule has 2 aromatic heterocycles. The Kier molecular flexibility index (Phi) is 11.1. The van der Waals surface area contributed by atoms with Gasteiger partial charge in [-0.2, -0.15) is 0 Å². The third-order valence-electron chi connectivity index (χ3n) is 8.08. The second-order valence-corrected chi connectivity index (χ2v) is 11.7. The molecule has 5 rings (SSSR count). The fraction of sp³-hybridized carbons (Fsp3) is 0.412. The van der Waals surface area contributed by atoms with Gasteiger partial charge in [0, 0.05) is 49.6 Å². The highest BCUT2D eigenvalue weighted by Crippen LogP contribution is 2.32. The predicted molar refractivity (Wildman–Crippen MR) is 175 cm³/mol. The number of pyridine rings is 1. The van der Waals surface area contributed by atoms with Crippen LogP contribution in [0.3, 0.4) is 0 Å². The molecule has 2 aromatic carbocycles. The number of imidazole rings is 1. The van der Waals surface area contributed by atoms with Gasteiger partial charge in [0.2, 0.25) is 5.91 Å². The maximum absolute atomic E-state index is 12.1. The van der Waals surface area contributed by atoms with Crippen molar-refractivity contribution < 1.29 is 39.0 Å². The van der Waals surface area contributed by atoms with Crippen molar-refractivity contribution in [3.63, 3.8) is 0 Å². The number of nitrogens with one attached hydrogen (secondary N) is 1. The summed E-state index contributed by atoms with van der Waals surface area (Å²) in [5.41, 5.74) is 10.0. The van der Waals surface area contributed by atoms with E-state index in [9.17, 15) is 29.4 Å². The lowest BCUT2D eigenvalue weighted by Gasteiger charge is -2.13. The van der Waals surface area contributed by atoms with Gasteiger partial charge in [-0.3, -0.25) is 14.4 Å². The van der Waals surface area contributed by atoms with Crippen LogP contribution in [0.4, 0.5) is 5.82 Å². The third kappa shape index (κ3) is 8.18. The lowest BCUT2D eigenvalue weighted by atomic mass is 10.1.